The molecule has 0 amide bonds. The van der Waals surface area contributed by atoms with Gasteiger partial charge in [-0.25, -0.2) is 0 Å². The second kappa shape index (κ2) is 7.14. The number of nitrogens with one attached hydrogen (secondary N) is 1. The predicted octanol–water partition coefficient (Wildman–Crippen LogP) is 5.58. The monoisotopic (exact) mass is 375 g/mol. The fourth-order valence-electron chi connectivity index (χ4n) is 1.89. The molecule has 0 bridgehead atoms. The Morgan fingerprint density at radius 3 is 2.53 bits per heavy atom. The highest BCUT2D eigenvalue weighted by atomic mass is 79.9. The smallest absolute Gasteiger partial charge is 0.0888 e. The summed E-state index contributed by atoms with van der Waals surface area (Å²) in [6, 6.07) is 10.9. The zero-order chi connectivity index (χ0) is 13.8. The quantitative estimate of drug-likeness (QED) is 0.683. The number of benzene rings is 1. The van der Waals surface area contributed by atoms with E-state index in [9.17, 15) is 0 Å². The number of halogens is 2. The maximum Gasteiger partial charge on any atom is 0.0888 e. The lowest BCUT2D eigenvalue weighted by atomic mass is 10.1. The van der Waals surface area contributed by atoms with E-state index in [1.165, 1.54) is 15.3 Å². The molecule has 1 aromatic carbocycles. The minimum absolute atomic E-state index is 0.203. The maximum atomic E-state index is 6.14. The molecular formula is C14H15BrClNS2. The molecule has 0 aliphatic carbocycles. The van der Waals surface area contributed by atoms with Crippen LogP contribution in [0, 0.1) is 0 Å². The van der Waals surface area contributed by atoms with E-state index >= 15 is 0 Å². The fourth-order valence-corrected chi connectivity index (χ4v) is 4.15. The summed E-state index contributed by atoms with van der Waals surface area (Å²) in [7, 11) is 0. The molecule has 0 radical (unpaired) electrons. The average molecular weight is 377 g/mol. The van der Waals surface area contributed by atoms with E-state index in [1.54, 1.807) is 23.1 Å². The summed E-state index contributed by atoms with van der Waals surface area (Å²) in [4.78, 5) is 2.51. The molecule has 0 aliphatic rings. The van der Waals surface area contributed by atoms with Crippen molar-refractivity contribution in [2.75, 3.05) is 12.8 Å². The third kappa shape index (κ3) is 3.76. The van der Waals surface area contributed by atoms with Gasteiger partial charge in [0.05, 0.1) is 14.9 Å². The van der Waals surface area contributed by atoms with Crippen molar-refractivity contribution in [3.63, 3.8) is 0 Å². The van der Waals surface area contributed by atoms with Crippen LogP contribution in [0.4, 0.5) is 0 Å². The van der Waals surface area contributed by atoms with Gasteiger partial charge in [-0.05, 0) is 52.5 Å². The number of hydrogen-bond acceptors (Lipinski definition) is 3. The third-order valence-electron chi connectivity index (χ3n) is 2.81. The van der Waals surface area contributed by atoms with Crippen LogP contribution in [0.15, 0.2) is 39.0 Å². The van der Waals surface area contributed by atoms with Gasteiger partial charge in [-0.15, -0.1) is 23.1 Å². The molecular weight excluding hydrogens is 362 g/mol. The van der Waals surface area contributed by atoms with Crippen LogP contribution in [0.2, 0.25) is 5.02 Å². The molecule has 2 aromatic rings. The van der Waals surface area contributed by atoms with Crippen molar-refractivity contribution >= 4 is 50.6 Å². The third-order valence-corrected chi connectivity index (χ3v) is 6.09. The van der Waals surface area contributed by atoms with Crippen LogP contribution in [-0.2, 0) is 0 Å². The molecule has 0 saturated carbocycles. The van der Waals surface area contributed by atoms with E-state index in [0.29, 0.717) is 0 Å². The van der Waals surface area contributed by atoms with Crippen molar-refractivity contribution in [1.82, 2.24) is 5.32 Å². The summed E-state index contributed by atoms with van der Waals surface area (Å²) < 4.78 is 0.993. The van der Waals surface area contributed by atoms with Gasteiger partial charge in [-0.2, -0.15) is 0 Å². The topological polar surface area (TPSA) is 12.0 Å². The zero-order valence-electron chi connectivity index (χ0n) is 10.7. The summed E-state index contributed by atoms with van der Waals surface area (Å²) in [6.07, 6.45) is 2.09. The number of hydrogen-bond donors (Lipinski definition) is 1. The highest BCUT2D eigenvalue weighted by Gasteiger charge is 2.17. The normalized spacial score (nSPS) is 12.6. The molecule has 0 fully saturated rings. The number of thioether (sulfide) groups is 1. The molecule has 1 unspecified atom stereocenters. The maximum absolute atomic E-state index is 6.14. The summed E-state index contributed by atoms with van der Waals surface area (Å²) in [6.45, 7) is 3.04. The molecule has 1 nitrogen and oxygen atoms in total. The van der Waals surface area contributed by atoms with Crippen LogP contribution < -0.4 is 5.32 Å². The van der Waals surface area contributed by atoms with E-state index < -0.39 is 0 Å². The lowest BCUT2D eigenvalue weighted by Gasteiger charge is -2.17. The molecule has 1 aromatic heterocycles. The zero-order valence-corrected chi connectivity index (χ0v) is 14.7. The van der Waals surface area contributed by atoms with Crippen LogP contribution in [-0.4, -0.2) is 12.8 Å². The van der Waals surface area contributed by atoms with Gasteiger partial charge in [-0.1, -0.05) is 30.7 Å². The van der Waals surface area contributed by atoms with Crippen molar-refractivity contribution in [3.05, 3.63) is 49.6 Å². The van der Waals surface area contributed by atoms with Crippen LogP contribution in [0.3, 0.4) is 0 Å². The molecule has 5 heteroatoms. The highest BCUT2D eigenvalue weighted by Crippen LogP contribution is 2.37. The Bertz CT molecular complexity index is 519. The lowest BCUT2D eigenvalue weighted by Crippen LogP contribution is -2.20. The van der Waals surface area contributed by atoms with Gasteiger partial charge in [0.25, 0.3) is 0 Å². The SMILES string of the molecule is CCNC(c1ccc(SC)cc1)c1cc(Cl)c(Br)s1. The van der Waals surface area contributed by atoms with E-state index in [4.69, 9.17) is 11.6 Å². The Hall–Kier alpha value is -0.0000000000000000833. The average Bonchev–Trinajstić information content (AvgIpc) is 2.76. The first-order valence-electron chi connectivity index (χ1n) is 5.97. The minimum atomic E-state index is 0.203. The van der Waals surface area contributed by atoms with Crippen LogP contribution >= 0.6 is 50.6 Å². The van der Waals surface area contributed by atoms with Gasteiger partial charge in [0.1, 0.15) is 0 Å². The van der Waals surface area contributed by atoms with Crippen molar-refractivity contribution < 1.29 is 0 Å². The van der Waals surface area contributed by atoms with Gasteiger partial charge < -0.3 is 5.32 Å². The molecule has 1 heterocycles. The van der Waals surface area contributed by atoms with Crippen molar-refractivity contribution in [2.24, 2.45) is 0 Å². The van der Waals surface area contributed by atoms with Crippen LogP contribution in [0.5, 0.6) is 0 Å². The number of rotatable bonds is 5. The first-order valence-corrected chi connectivity index (χ1v) is 9.19. The van der Waals surface area contributed by atoms with E-state index in [1.807, 2.05) is 6.07 Å². The van der Waals surface area contributed by atoms with Crippen molar-refractivity contribution in [2.45, 2.75) is 17.9 Å². The molecule has 0 saturated heterocycles. The van der Waals surface area contributed by atoms with Gasteiger partial charge in [0.2, 0.25) is 0 Å². The second-order valence-electron chi connectivity index (χ2n) is 4.03. The van der Waals surface area contributed by atoms with Gasteiger partial charge >= 0.3 is 0 Å². The minimum Gasteiger partial charge on any atom is -0.306 e. The molecule has 2 rings (SSSR count). The van der Waals surface area contributed by atoms with Gasteiger partial charge in [0.15, 0.2) is 0 Å². The van der Waals surface area contributed by atoms with E-state index in [2.05, 4.69) is 58.7 Å². The molecule has 0 aliphatic heterocycles. The second-order valence-corrected chi connectivity index (χ2v) is 7.72. The molecule has 102 valence electrons. The first kappa shape index (κ1) is 15.4. The molecule has 1 N–H and O–H groups in total. The largest absolute Gasteiger partial charge is 0.306 e. The van der Waals surface area contributed by atoms with E-state index in [0.717, 1.165) is 15.4 Å². The van der Waals surface area contributed by atoms with Crippen molar-refractivity contribution in [3.8, 4) is 0 Å². The summed E-state index contributed by atoms with van der Waals surface area (Å²) in [5.41, 5.74) is 1.27. The molecule has 19 heavy (non-hydrogen) atoms. The molecule has 1 atom stereocenters. The summed E-state index contributed by atoms with van der Waals surface area (Å²) in [5, 5.41) is 4.30. The Kier molecular flexibility index (Phi) is 5.78. The Balaban J connectivity index is 2.33. The van der Waals surface area contributed by atoms with Gasteiger partial charge in [-0.3, -0.25) is 0 Å². The predicted molar refractivity (Wildman–Crippen MR) is 90.8 cm³/mol. The van der Waals surface area contributed by atoms with Crippen molar-refractivity contribution in [1.29, 1.82) is 0 Å². The fraction of sp³-hybridized carbons (Fsp3) is 0.286. The first-order chi connectivity index (χ1) is 9.15. The standard InChI is InChI=1S/C14H15BrClNS2/c1-3-17-13(12-8-11(16)14(15)19-12)9-4-6-10(18-2)7-5-9/h4-8,13,17H,3H2,1-2H3. The Morgan fingerprint density at radius 2 is 2.05 bits per heavy atom. The van der Waals surface area contributed by atoms with E-state index in [-0.39, 0.29) is 6.04 Å². The Labute approximate surface area is 135 Å². The lowest BCUT2D eigenvalue weighted by molar-refractivity contribution is 0.639. The van der Waals surface area contributed by atoms with Crippen LogP contribution in [0.1, 0.15) is 23.4 Å². The Morgan fingerprint density at radius 1 is 1.37 bits per heavy atom. The number of thiophene rings is 1. The van der Waals surface area contributed by atoms with Gasteiger partial charge in [0, 0.05) is 9.77 Å². The summed E-state index contributed by atoms with van der Waals surface area (Å²) >= 11 is 13.1. The summed E-state index contributed by atoms with van der Waals surface area (Å²) in [5.74, 6) is 0. The van der Waals surface area contributed by atoms with Crippen LogP contribution in [0.25, 0.3) is 0 Å². The highest BCUT2D eigenvalue weighted by molar-refractivity contribution is 9.11. The molecule has 0 spiro atoms.